The number of anilines is 2. The van der Waals surface area contributed by atoms with Crippen molar-refractivity contribution in [2.75, 3.05) is 23.4 Å². The van der Waals surface area contributed by atoms with E-state index in [2.05, 4.69) is 5.32 Å². The van der Waals surface area contributed by atoms with Gasteiger partial charge in [0.05, 0.1) is 29.7 Å². The van der Waals surface area contributed by atoms with Gasteiger partial charge in [-0.25, -0.2) is 4.79 Å². The highest BCUT2D eigenvalue weighted by Gasteiger charge is 2.48. The Morgan fingerprint density at radius 3 is 2.30 bits per heavy atom. The number of carbonyl (C=O) groups excluding carboxylic acids is 4. The second-order valence-electron chi connectivity index (χ2n) is 8.14. The molecule has 2 aliphatic rings. The van der Waals surface area contributed by atoms with Gasteiger partial charge in [0, 0.05) is 5.69 Å². The maximum atomic E-state index is 12.8. The quantitative estimate of drug-likeness (QED) is 0.511. The monoisotopic (exact) mass is 450 g/mol. The molecule has 1 N–H and O–H groups in total. The van der Waals surface area contributed by atoms with Crippen LogP contribution in [0.4, 0.5) is 11.4 Å². The van der Waals surface area contributed by atoms with Crippen molar-refractivity contribution in [3.63, 3.8) is 0 Å². The number of hydrogen-bond donors (Lipinski definition) is 1. The van der Waals surface area contributed by atoms with Gasteiger partial charge >= 0.3 is 5.97 Å². The highest BCUT2D eigenvalue weighted by Crippen LogP contribution is 2.40. The van der Waals surface area contributed by atoms with E-state index in [-0.39, 0.29) is 29.2 Å². The summed E-state index contributed by atoms with van der Waals surface area (Å²) in [7, 11) is 0. The Morgan fingerprint density at radius 1 is 1.00 bits per heavy atom. The van der Waals surface area contributed by atoms with E-state index in [9.17, 15) is 19.2 Å². The van der Waals surface area contributed by atoms with Crippen molar-refractivity contribution in [1.29, 1.82) is 0 Å². The second-order valence-corrected chi connectivity index (χ2v) is 8.14. The number of fused-ring (bicyclic) bond motifs is 1. The number of carbonyl (C=O) groups is 4. The van der Waals surface area contributed by atoms with Crippen molar-refractivity contribution in [3.8, 4) is 5.75 Å². The number of imide groups is 1. The zero-order chi connectivity index (χ0) is 23.4. The van der Waals surface area contributed by atoms with E-state index in [1.807, 2.05) is 6.92 Å². The summed E-state index contributed by atoms with van der Waals surface area (Å²) in [5, 5.41) is 2.65. The summed E-state index contributed by atoms with van der Waals surface area (Å²) in [6.07, 6.45) is 3.33. The van der Waals surface area contributed by atoms with Crippen LogP contribution in [0.1, 0.15) is 43.0 Å². The Hall–Kier alpha value is -3.68. The standard InChI is InChI=1S/C25H26N2O6/c1-2-32-19-12-10-17(11-13-19)26-22(28)15-33-25(31)16-6-5-7-18(14-16)27-23(29)20-8-3-4-9-21(20)24(27)30/h5-7,10-14,20-21H,2-4,8-9,15H2,1H3,(H,26,28)/t20-,21-/m1/s1. The fourth-order valence-electron chi connectivity index (χ4n) is 4.40. The molecule has 33 heavy (non-hydrogen) atoms. The molecule has 2 aromatic rings. The zero-order valence-electron chi connectivity index (χ0n) is 18.4. The van der Waals surface area contributed by atoms with Gasteiger partial charge in [-0.1, -0.05) is 18.9 Å². The summed E-state index contributed by atoms with van der Waals surface area (Å²) in [5.41, 5.74) is 1.07. The van der Waals surface area contributed by atoms with Gasteiger partial charge in [0.2, 0.25) is 11.8 Å². The van der Waals surface area contributed by atoms with Crippen LogP contribution in [0.15, 0.2) is 48.5 Å². The molecular weight excluding hydrogens is 424 g/mol. The molecule has 0 radical (unpaired) electrons. The number of ether oxygens (including phenoxy) is 2. The van der Waals surface area contributed by atoms with Crippen LogP contribution in [0, 0.1) is 11.8 Å². The average Bonchev–Trinajstić information content (AvgIpc) is 3.09. The first-order chi connectivity index (χ1) is 16.0. The fourth-order valence-corrected chi connectivity index (χ4v) is 4.40. The highest BCUT2D eigenvalue weighted by atomic mass is 16.5. The van der Waals surface area contributed by atoms with Crippen molar-refractivity contribution in [3.05, 3.63) is 54.1 Å². The normalized spacial score (nSPS) is 19.7. The molecule has 2 atom stereocenters. The van der Waals surface area contributed by atoms with Crippen LogP contribution >= 0.6 is 0 Å². The molecule has 1 aliphatic heterocycles. The number of nitrogens with zero attached hydrogens (tertiary/aromatic N) is 1. The molecule has 172 valence electrons. The van der Waals surface area contributed by atoms with Gasteiger partial charge in [0.1, 0.15) is 5.75 Å². The molecule has 1 heterocycles. The lowest BCUT2D eigenvalue weighted by Gasteiger charge is -2.19. The van der Waals surface area contributed by atoms with Gasteiger partial charge in [-0.15, -0.1) is 0 Å². The Labute approximate surface area is 191 Å². The molecular formula is C25H26N2O6. The van der Waals surface area contributed by atoms with E-state index in [1.54, 1.807) is 36.4 Å². The molecule has 4 rings (SSSR count). The van der Waals surface area contributed by atoms with Crippen LogP contribution in [-0.4, -0.2) is 36.9 Å². The maximum Gasteiger partial charge on any atom is 0.338 e. The smallest absolute Gasteiger partial charge is 0.338 e. The Morgan fingerprint density at radius 2 is 1.67 bits per heavy atom. The predicted molar refractivity (Wildman–Crippen MR) is 121 cm³/mol. The van der Waals surface area contributed by atoms with Crippen LogP contribution in [0.3, 0.4) is 0 Å². The van der Waals surface area contributed by atoms with Gasteiger partial charge in [0.25, 0.3) is 5.91 Å². The minimum Gasteiger partial charge on any atom is -0.494 e. The largest absolute Gasteiger partial charge is 0.494 e. The molecule has 2 fully saturated rings. The first kappa shape index (κ1) is 22.5. The van der Waals surface area contributed by atoms with E-state index in [0.717, 1.165) is 25.7 Å². The number of esters is 1. The zero-order valence-corrected chi connectivity index (χ0v) is 18.4. The topological polar surface area (TPSA) is 102 Å². The first-order valence-electron chi connectivity index (χ1n) is 11.2. The lowest BCUT2D eigenvalue weighted by atomic mass is 9.81. The highest BCUT2D eigenvalue weighted by molar-refractivity contribution is 6.22. The molecule has 1 aliphatic carbocycles. The summed E-state index contributed by atoms with van der Waals surface area (Å²) >= 11 is 0. The lowest BCUT2D eigenvalue weighted by Crippen LogP contribution is -2.31. The van der Waals surface area contributed by atoms with Crippen LogP contribution in [-0.2, 0) is 19.1 Å². The number of hydrogen-bond acceptors (Lipinski definition) is 6. The molecule has 0 aromatic heterocycles. The van der Waals surface area contributed by atoms with Gasteiger partial charge in [-0.3, -0.25) is 19.3 Å². The van der Waals surface area contributed by atoms with E-state index >= 15 is 0 Å². The van der Waals surface area contributed by atoms with Crippen molar-refractivity contribution >= 4 is 35.1 Å². The molecule has 0 unspecified atom stereocenters. The summed E-state index contributed by atoms with van der Waals surface area (Å²) in [6.45, 7) is 1.96. The van der Waals surface area contributed by atoms with Gasteiger partial charge in [-0.05, 0) is 62.2 Å². The van der Waals surface area contributed by atoms with E-state index in [0.29, 0.717) is 23.7 Å². The summed E-state index contributed by atoms with van der Waals surface area (Å²) in [4.78, 5) is 51.4. The Balaban J connectivity index is 1.36. The number of amides is 3. The third-order valence-corrected chi connectivity index (χ3v) is 5.96. The summed E-state index contributed by atoms with van der Waals surface area (Å²) in [5.74, 6) is -1.46. The molecule has 1 saturated heterocycles. The number of benzene rings is 2. The van der Waals surface area contributed by atoms with Gasteiger partial charge < -0.3 is 14.8 Å². The molecule has 3 amide bonds. The SMILES string of the molecule is CCOc1ccc(NC(=O)COC(=O)c2cccc(N3C(=O)[C@@H]4CCCC[C@H]4C3=O)c2)cc1. The summed E-state index contributed by atoms with van der Waals surface area (Å²) in [6, 6.07) is 13.0. The van der Waals surface area contributed by atoms with Gasteiger partial charge in [0.15, 0.2) is 6.61 Å². The van der Waals surface area contributed by atoms with Crippen LogP contribution < -0.4 is 15.0 Å². The minimum atomic E-state index is -0.713. The third-order valence-electron chi connectivity index (χ3n) is 5.96. The molecule has 2 aromatic carbocycles. The molecule has 8 heteroatoms. The molecule has 8 nitrogen and oxygen atoms in total. The van der Waals surface area contributed by atoms with Gasteiger partial charge in [-0.2, -0.15) is 0 Å². The van der Waals surface area contributed by atoms with E-state index < -0.39 is 18.5 Å². The van der Waals surface area contributed by atoms with Crippen LogP contribution in [0.5, 0.6) is 5.75 Å². The maximum absolute atomic E-state index is 12.8. The van der Waals surface area contributed by atoms with Crippen LogP contribution in [0.2, 0.25) is 0 Å². The Bertz CT molecular complexity index is 1040. The number of nitrogens with one attached hydrogen (secondary N) is 1. The predicted octanol–water partition coefficient (Wildman–Crippen LogP) is 3.56. The Kier molecular flexibility index (Phi) is 6.72. The first-order valence-corrected chi connectivity index (χ1v) is 11.2. The minimum absolute atomic E-state index is 0.164. The van der Waals surface area contributed by atoms with Crippen molar-refractivity contribution in [1.82, 2.24) is 0 Å². The summed E-state index contributed by atoms with van der Waals surface area (Å²) < 4.78 is 10.5. The molecule has 0 bridgehead atoms. The molecule has 1 saturated carbocycles. The average molecular weight is 450 g/mol. The van der Waals surface area contributed by atoms with Crippen molar-refractivity contribution < 1.29 is 28.7 Å². The second kappa shape index (κ2) is 9.85. The van der Waals surface area contributed by atoms with E-state index in [1.165, 1.54) is 17.0 Å². The van der Waals surface area contributed by atoms with E-state index in [4.69, 9.17) is 9.47 Å². The molecule has 0 spiro atoms. The van der Waals surface area contributed by atoms with Crippen LogP contribution in [0.25, 0.3) is 0 Å². The van der Waals surface area contributed by atoms with Crippen molar-refractivity contribution in [2.45, 2.75) is 32.6 Å². The van der Waals surface area contributed by atoms with Crippen molar-refractivity contribution in [2.24, 2.45) is 11.8 Å². The fraction of sp³-hybridized carbons (Fsp3) is 0.360. The third kappa shape index (κ3) is 4.89. The lowest BCUT2D eigenvalue weighted by molar-refractivity contribution is -0.122. The number of rotatable bonds is 7.